The number of hydrogen-bond acceptors (Lipinski definition) is 4. The molecule has 1 unspecified atom stereocenters. The predicted octanol–water partition coefficient (Wildman–Crippen LogP) is 1.16. The highest BCUT2D eigenvalue weighted by Crippen LogP contribution is 2.24. The zero-order chi connectivity index (χ0) is 14.9. The van der Waals surface area contributed by atoms with Crippen molar-refractivity contribution in [3.63, 3.8) is 0 Å². The standard InChI is InChI=1S/C14H24N4O2/c1-9-13(15)10(2)18(17-9)8-12(19)16-11-5-6-20-14(3,4)7-11/h11H,5-8,15H2,1-4H3,(H,16,19). The summed E-state index contributed by atoms with van der Waals surface area (Å²) >= 11 is 0. The van der Waals surface area contributed by atoms with Crippen LogP contribution in [0.2, 0.25) is 0 Å². The minimum Gasteiger partial charge on any atom is -0.396 e. The maximum atomic E-state index is 12.1. The number of anilines is 1. The van der Waals surface area contributed by atoms with Crippen molar-refractivity contribution in [2.45, 2.75) is 58.7 Å². The largest absolute Gasteiger partial charge is 0.396 e. The van der Waals surface area contributed by atoms with Crippen LogP contribution in [0.1, 0.15) is 38.1 Å². The summed E-state index contributed by atoms with van der Waals surface area (Å²) in [4.78, 5) is 12.1. The number of aryl methyl sites for hydroxylation is 1. The van der Waals surface area contributed by atoms with Crippen LogP contribution in [-0.4, -0.2) is 33.9 Å². The van der Waals surface area contributed by atoms with Gasteiger partial charge in [0.05, 0.1) is 22.7 Å². The fourth-order valence-corrected chi connectivity index (χ4v) is 2.63. The van der Waals surface area contributed by atoms with Crippen molar-refractivity contribution in [2.75, 3.05) is 12.3 Å². The van der Waals surface area contributed by atoms with Gasteiger partial charge in [-0.3, -0.25) is 9.48 Å². The SMILES string of the molecule is Cc1nn(CC(=O)NC2CCOC(C)(C)C2)c(C)c1N. The second-order valence-electron chi connectivity index (χ2n) is 6.11. The fraction of sp³-hybridized carbons (Fsp3) is 0.714. The summed E-state index contributed by atoms with van der Waals surface area (Å²) < 4.78 is 7.31. The van der Waals surface area contributed by atoms with E-state index in [9.17, 15) is 4.79 Å². The Kier molecular flexibility index (Phi) is 4.04. The van der Waals surface area contributed by atoms with Gasteiger partial charge in [-0.25, -0.2) is 0 Å². The lowest BCUT2D eigenvalue weighted by Gasteiger charge is -2.35. The molecular formula is C14H24N4O2. The van der Waals surface area contributed by atoms with Crippen molar-refractivity contribution < 1.29 is 9.53 Å². The van der Waals surface area contributed by atoms with Crippen molar-refractivity contribution in [2.24, 2.45) is 0 Å². The summed E-state index contributed by atoms with van der Waals surface area (Å²) in [5.74, 6) is -0.0294. The quantitative estimate of drug-likeness (QED) is 0.870. The van der Waals surface area contributed by atoms with Gasteiger partial charge in [0.1, 0.15) is 6.54 Å². The summed E-state index contributed by atoms with van der Waals surface area (Å²) in [6.07, 6.45) is 1.69. The van der Waals surface area contributed by atoms with Crippen molar-refractivity contribution in [3.8, 4) is 0 Å². The van der Waals surface area contributed by atoms with Crippen LogP contribution in [0.25, 0.3) is 0 Å². The molecule has 1 aromatic rings. The van der Waals surface area contributed by atoms with Crippen molar-refractivity contribution in [1.82, 2.24) is 15.1 Å². The third kappa shape index (κ3) is 3.30. The zero-order valence-electron chi connectivity index (χ0n) is 12.7. The average Bonchev–Trinajstić information content (AvgIpc) is 2.55. The molecule has 6 heteroatoms. The monoisotopic (exact) mass is 280 g/mol. The molecule has 20 heavy (non-hydrogen) atoms. The highest BCUT2D eigenvalue weighted by molar-refractivity contribution is 5.76. The summed E-state index contributed by atoms with van der Waals surface area (Å²) in [6, 6.07) is 0.167. The van der Waals surface area contributed by atoms with Gasteiger partial charge in [0.2, 0.25) is 5.91 Å². The maximum absolute atomic E-state index is 12.1. The number of ether oxygens (including phenoxy) is 1. The molecule has 0 bridgehead atoms. The van der Waals surface area contributed by atoms with Crippen molar-refractivity contribution in [3.05, 3.63) is 11.4 Å². The van der Waals surface area contributed by atoms with Gasteiger partial charge in [0, 0.05) is 12.6 Å². The lowest BCUT2D eigenvalue weighted by Crippen LogP contribution is -2.46. The second-order valence-corrected chi connectivity index (χ2v) is 6.11. The highest BCUT2D eigenvalue weighted by atomic mass is 16.5. The van der Waals surface area contributed by atoms with Crippen LogP contribution in [-0.2, 0) is 16.1 Å². The van der Waals surface area contributed by atoms with Crippen LogP contribution in [0.4, 0.5) is 5.69 Å². The first-order valence-corrected chi connectivity index (χ1v) is 7.01. The van der Waals surface area contributed by atoms with E-state index < -0.39 is 0 Å². The van der Waals surface area contributed by atoms with Crippen LogP contribution < -0.4 is 11.1 Å². The molecule has 1 amide bonds. The third-order valence-electron chi connectivity index (χ3n) is 3.79. The van der Waals surface area contributed by atoms with E-state index in [0.29, 0.717) is 12.3 Å². The Morgan fingerprint density at radius 1 is 1.55 bits per heavy atom. The molecule has 1 fully saturated rings. The molecule has 1 aliphatic rings. The van der Waals surface area contributed by atoms with E-state index >= 15 is 0 Å². The molecule has 0 radical (unpaired) electrons. The Hall–Kier alpha value is -1.56. The molecule has 0 spiro atoms. The number of rotatable bonds is 3. The summed E-state index contributed by atoms with van der Waals surface area (Å²) in [5, 5.41) is 7.34. The summed E-state index contributed by atoms with van der Waals surface area (Å²) in [6.45, 7) is 8.71. The Balaban J connectivity index is 1.94. The fourth-order valence-electron chi connectivity index (χ4n) is 2.63. The first-order valence-electron chi connectivity index (χ1n) is 7.01. The third-order valence-corrected chi connectivity index (χ3v) is 3.79. The molecule has 3 N–H and O–H groups in total. The Morgan fingerprint density at radius 3 is 2.80 bits per heavy atom. The van der Waals surface area contributed by atoms with Gasteiger partial charge in [0.25, 0.3) is 0 Å². The molecule has 1 atom stereocenters. The van der Waals surface area contributed by atoms with E-state index in [1.54, 1.807) is 4.68 Å². The van der Waals surface area contributed by atoms with Gasteiger partial charge in [0.15, 0.2) is 0 Å². The van der Waals surface area contributed by atoms with Gasteiger partial charge in [-0.15, -0.1) is 0 Å². The zero-order valence-corrected chi connectivity index (χ0v) is 12.7. The van der Waals surface area contributed by atoms with Crippen LogP contribution in [0, 0.1) is 13.8 Å². The number of nitrogens with two attached hydrogens (primary N) is 1. The Morgan fingerprint density at radius 2 is 2.25 bits per heavy atom. The molecule has 0 aromatic carbocycles. The molecule has 1 saturated heterocycles. The minimum absolute atomic E-state index is 0.0294. The molecule has 2 rings (SSSR count). The molecule has 1 aliphatic heterocycles. The number of carbonyl (C=O) groups excluding carboxylic acids is 1. The highest BCUT2D eigenvalue weighted by Gasteiger charge is 2.29. The van der Waals surface area contributed by atoms with E-state index in [1.165, 1.54) is 0 Å². The molecular weight excluding hydrogens is 256 g/mol. The van der Waals surface area contributed by atoms with E-state index in [-0.39, 0.29) is 24.1 Å². The van der Waals surface area contributed by atoms with Gasteiger partial charge in [-0.1, -0.05) is 0 Å². The maximum Gasteiger partial charge on any atom is 0.241 e. The molecule has 0 aliphatic carbocycles. The average molecular weight is 280 g/mol. The lowest BCUT2D eigenvalue weighted by atomic mass is 9.94. The number of amides is 1. The molecule has 2 heterocycles. The van der Waals surface area contributed by atoms with Gasteiger partial charge < -0.3 is 15.8 Å². The number of aromatic nitrogens is 2. The smallest absolute Gasteiger partial charge is 0.241 e. The first kappa shape index (κ1) is 14.8. The molecule has 112 valence electrons. The number of nitrogen functional groups attached to an aromatic ring is 1. The summed E-state index contributed by atoms with van der Waals surface area (Å²) in [7, 11) is 0. The molecule has 1 aromatic heterocycles. The van der Waals surface area contributed by atoms with E-state index in [1.807, 2.05) is 27.7 Å². The van der Waals surface area contributed by atoms with Crippen LogP contribution >= 0.6 is 0 Å². The molecule has 0 saturated carbocycles. The van der Waals surface area contributed by atoms with Crippen LogP contribution in [0.3, 0.4) is 0 Å². The molecule has 6 nitrogen and oxygen atoms in total. The van der Waals surface area contributed by atoms with Crippen LogP contribution in [0.5, 0.6) is 0 Å². The van der Waals surface area contributed by atoms with Gasteiger partial charge in [-0.05, 0) is 40.5 Å². The minimum atomic E-state index is -0.168. The van der Waals surface area contributed by atoms with E-state index in [2.05, 4.69) is 10.4 Å². The predicted molar refractivity (Wildman–Crippen MR) is 77.3 cm³/mol. The Bertz CT molecular complexity index is 508. The van der Waals surface area contributed by atoms with Crippen LogP contribution in [0.15, 0.2) is 0 Å². The first-order chi connectivity index (χ1) is 9.28. The van der Waals surface area contributed by atoms with Crippen molar-refractivity contribution in [1.29, 1.82) is 0 Å². The number of nitrogens with zero attached hydrogens (tertiary/aromatic N) is 2. The summed E-state index contributed by atoms with van der Waals surface area (Å²) in [5.41, 5.74) is 7.96. The number of hydrogen-bond donors (Lipinski definition) is 2. The topological polar surface area (TPSA) is 82.2 Å². The van der Waals surface area contributed by atoms with E-state index in [0.717, 1.165) is 24.2 Å². The second kappa shape index (κ2) is 5.44. The van der Waals surface area contributed by atoms with Gasteiger partial charge in [-0.2, -0.15) is 5.10 Å². The normalized spacial score (nSPS) is 21.7. The van der Waals surface area contributed by atoms with Crippen molar-refractivity contribution >= 4 is 11.6 Å². The van der Waals surface area contributed by atoms with E-state index in [4.69, 9.17) is 10.5 Å². The van der Waals surface area contributed by atoms with Gasteiger partial charge >= 0.3 is 0 Å². The Labute approximate surface area is 119 Å². The lowest BCUT2D eigenvalue weighted by molar-refractivity contribution is -0.124. The number of nitrogens with one attached hydrogen (secondary N) is 1. The number of carbonyl (C=O) groups is 1.